The van der Waals surface area contributed by atoms with Gasteiger partial charge in [-0.15, -0.1) is 0 Å². The molecule has 0 saturated carbocycles. The number of nitrogens with one attached hydrogen (secondary N) is 2. The average molecular weight is 535 g/mol. The number of carbonyl (C=O) groups is 3. The Bertz CT molecular complexity index is 1380. The molecule has 3 aromatic carbocycles. The quantitative estimate of drug-likeness (QED) is 0.311. The maximum absolute atomic E-state index is 13.1. The van der Waals surface area contributed by atoms with E-state index in [1.54, 1.807) is 19.1 Å². The molecule has 0 unspecified atom stereocenters. The topological polar surface area (TPSA) is 119 Å². The minimum Gasteiger partial charge on any atom is -0.465 e. The molecule has 3 aromatic rings. The van der Waals surface area contributed by atoms with Gasteiger partial charge in [0.25, 0.3) is 15.9 Å². The molecule has 1 amide bonds. The molecular formula is C24H20Cl2N2O6S. The fourth-order valence-electron chi connectivity index (χ4n) is 3.04. The predicted octanol–water partition coefficient (Wildman–Crippen LogP) is 4.32. The third kappa shape index (κ3) is 6.60. The predicted molar refractivity (Wildman–Crippen MR) is 133 cm³/mol. The van der Waals surface area contributed by atoms with E-state index in [1.165, 1.54) is 54.6 Å². The van der Waals surface area contributed by atoms with E-state index in [0.717, 1.165) is 0 Å². The normalized spacial score (nSPS) is 10.9. The number of ketones is 1. The first-order valence-corrected chi connectivity index (χ1v) is 12.5. The lowest BCUT2D eigenvalue weighted by Crippen LogP contribution is -2.30. The van der Waals surface area contributed by atoms with Crippen LogP contribution in [0, 0.1) is 0 Å². The third-order valence-corrected chi connectivity index (χ3v) is 6.65. The zero-order valence-corrected chi connectivity index (χ0v) is 20.7. The monoisotopic (exact) mass is 534 g/mol. The van der Waals surface area contributed by atoms with Gasteiger partial charge in [-0.25, -0.2) is 8.42 Å². The SMILES string of the molecule is CCOC(=O)CNC(=O)c1ccc(S(=O)(=O)Nc2ccccc2C(=O)c2ccc(Cl)cc2Cl)cc1. The Morgan fingerprint density at radius 2 is 1.60 bits per heavy atom. The van der Waals surface area contributed by atoms with Gasteiger partial charge in [0, 0.05) is 21.7 Å². The van der Waals surface area contributed by atoms with Crippen LogP contribution in [0.2, 0.25) is 10.0 Å². The summed E-state index contributed by atoms with van der Waals surface area (Å²) in [6, 6.07) is 15.6. The molecule has 182 valence electrons. The summed E-state index contributed by atoms with van der Waals surface area (Å²) >= 11 is 12.0. The molecule has 0 aliphatic heterocycles. The molecule has 0 bridgehead atoms. The van der Waals surface area contributed by atoms with Crippen LogP contribution in [0.15, 0.2) is 71.6 Å². The van der Waals surface area contributed by atoms with Gasteiger partial charge in [-0.05, 0) is 61.5 Å². The van der Waals surface area contributed by atoms with Crippen molar-refractivity contribution in [3.05, 3.63) is 93.5 Å². The number of hydrogen-bond acceptors (Lipinski definition) is 6. The van der Waals surface area contributed by atoms with E-state index in [9.17, 15) is 22.8 Å². The molecule has 0 fully saturated rings. The van der Waals surface area contributed by atoms with E-state index in [1.807, 2.05) is 0 Å². The number of carbonyl (C=O) groups excluding carboxylic acids is 3. The minimum absolute atomic E-state index is 0.0553. The molecule has 35 heavy (non-hydrogen) atoms. The number of ether oxygens (including phenoxy) is 1. The molecule has 0 aromatic heterocycles. The number of esters is 1. The Morgan fingerprint density at radius 3 is 2.26 bits per heavy atom. The van der Waals surface area contributed by atoms with Gasteiger partial charge < -0.3 is 10.1 Å². The van der Waals surface area contributed by atoms with Crippen molar-refractivity contribution in [2.45, 2.75) is 11.8 Å². The van der Waals surface area contributed by atoms with Crippen LogP contribution in [0.3, 0.4) is 0 Å². The molecule has 0 atom stereocenters. The molecule has 0 saturated heterocycles. The average Bonchev–Trinajstić information content (AvgIpc) is 2.82. The van der Waals surface area contributed by atoms with E-state index in [-0.39, 0.29) is 45.4 Å². The first kappa shape index (κ1) is 26.2. The summed E-state index contributed by atoms with van der Waals surface area (Å²) in [5, 5.41) is 2.89. The van der Waals surface area contributed by atoms with Gasteiger partial charge in [-0.3, -0.25) is 19.1 Å². The van der Waals surface area contributed by atoms with Gasteiger partial charge in [-0.2, -0.15) is 0 Å². The van der Waals surface area contributed by atoms with Crippen LogP contribution in [0.1, 0.15) is 33.2 Å². The van der Waals surface area contributed by atoms with Crippen molar-refractivity contribution < 1.29 is 27.5 Å². The van der Waals surface area contributed by atoms with Crippen molar-refractivity contribution in [2.75, 3.05) is 17.9 Å². The van der Waals surface area contributed by atoms with Crippen molar-refractivity contribution in [3.8, 4) is 0 Å². The van der Waals surface area contributed by atoms with Gasteiger partial charge in [0.1, 0.15) is 6.54 Å². The fourth-order valence-corrected chi connectivity index (χ4v) is 4.62. The van der Waals surface area contributed by atoms with E-state index in [2.05, 4.69) is 10.0 Å². The molecule has 0 heterocycles. The van der Waals surface area contributed by atoms with Gasteiger partial charge in [-0.1, -0.05) is 35.3 Å². The first-order chi connectivity index (χ1) is 16.6. The summed E-state index contributed by atoms with van der Waals surface area (Å²) < 4.78 is 33.1. The van der Waals surface area contributed by atoms with Crippen LogP contribution in [-0.2, 0) is 19.6 Å². The van der Waals surface area contributed by atoms with Crippen LogP contribution >= 0.6 is 23.2 Å². The van der Waals surface area contributed by atoms with Crippen molar-refractivity contribution in [2.24, 2.45) is 0 Å². The van der Waals surface area contributed by atoms with E-state index in [0.29, 0.717) is 5.02 Å². The number of sulfonamides is 1. The summed E-state index contributed by atoms with van der Waals surface area (Å²) in [4.78, 5) is 36.5. The summed E-state index contributed by atoms with van der Waals surface area (Å²) in [6.07, 6.45) is 0. The summed E-state index contributed by atoms with van der Waals surface area (Å²) in [5.74, 6) is -1.64. The number of anilines is 1. The van der Waals surface area contributed by atoms with Gasteiger partial charge in [0.2, 0.25) is 0 Å². The van der Waals surface area contributed by atoms with Crippen LogP contribution in [0.25, 0.3) is 0 Å². The van der Waals surface area contributed by atoms with Crippen LogP contribution in [0.5, 0.6) is 0 Å². The maximum Gasteiger partial charge on any atom is 0.325 e. The number of benzene rings is 3. The van der Waals surface area contributed by atoms with Crippen LogP contribution in [0.4, 0.5) is 5.69 Å². The van der Waals surface area contributed by atoms with E-state index < -0.39 is 27.7 Å². The van der Waals surface area contributed by atoms with Gasteiger partial charge in [0.15, 0.2) is 5.78 Å². The molecule has 0 aliphatic rings. The fraction of sp³-hybridized carbons (Fsp3) is 0.125. The molecular weight excluding hydrogens is 515 g/mol. The lowest BCUT2D eigenvalue weighted by atomic mass is 10.0. The lowest BCUT2D eigenvalue weighted by molar-refractivity contribution is -0.141. The largest absolute Gasteiger partial charge is 0.465 e. The summed E-state index contributed by atoms with van der Waals surface area (Å²) in [7, 11) is -4.11. The minimum atomic E-state index is -4.11. The number of para-hydroxylation sites is 1. The number of hydrogen-bond donors (Lipinski definition) is 2. The molecule has 8 nitrogen and oxygen atoms in total. The zero-order chi connectivity index (χ0) is 25.6. The van der Waals surface area contributed by atoms with Crippen molar-refractivity contribution >= 4 is 56.6 Å². The molecule has 0 radical (unpaired) electrons. The molecule has 0 aliphatic carbocycles. The Morgan fingerprint density at radius 1 is 0.914 bits per heavy atom. The first-order valence-electron chi connectivity index (χ1n) is 10.3. The van der Waals surface area contributed by atoms with Crippen molar-refractivity contribution in [1.82, 2.24) is 5.32 Å². The standard InChI is InChI=1S/C24H20Cl2N2O6S/c1-2-34-22(29)14-27-24(31)15-7-10-17(11-8-15)35(32,33)28-21-6-4-3-5-19(21)23(30)18-12-9-16(25)13-20(18)26/h3-13,28H,2,14H2,1H3,(H,27,31). The highest BCUT2D eigenvalue weighted by atomic mass is 35.5. The Hall–Kier alpha value is -3.40. The highest BCUT2D eigenvalue weighted by Crippen LogP contribution is 2.27. The summed E-state index contributed by atoms with van der Waals surface area (Å²) in [6.45, 7) is 1.53. The maximum atomic E-state index is 13.1. The van der Waals surface area contributed by atoms with Gasteiger partial charge >= 0.3 is 5.97 Å². The second-order valence-corrected chi connectivity index (χ2v) is 9.64. The highest BCUT2D eigenvalue weighted by molar-refractivity contribution is 7.92. The van der Waals surface area contributed by atoms with Crippen molar-refractivity contribution in [3.63, 3.8) is 0 Å². The number of amides is 1. The molecule has 2 N–H and O–H groups in total. The van der Waals surface area contributed by atoms with Gasteiger partial charge in [0.05, 0.1) is 22.2 Å². The second-order valence-electron chi connectivity index (χ2n) is 7.12. The smallest absolute Gasteiger partial charge is 0.325 e. The summed E-state index contributed by atoms with van der Waals surface area (Å²) in [5.41, 5.74) is 0.470. The van der Waals surface area contributed by atoms with E-state index in [4.69, 9.17) is 27.9 Å². The Labute approximate surface area is 212 Å². The molecule has 0 spiro atoms. The van der Waals surface area contributed by atoms with Crippen LogP contribution in [-0.4, -0.2) is 39.2 Å². The van der Waals surface area contributed by atoms with E-state index >= 15 is 0 Å². The number of rotatable bonds is 9. The molecule has 11 heteroatoms. The van der Waals surface area contributed by atoms with Crippen molar-refractivity contribution in [1.29, 1.82) is 0 Å². The second kappa shape index (κ2) is 11.4. The lowest BCUT2D eigenvalue weighted by Gasteiger charge is -2.13. The Balaban J connectivity index is 1.79. The van der Waals surface area contributed by atoms with Crippen LogP contribution < -0.4 is 10.0 Å². The highest BCUT2D eigenvalue weighted by Gasteiger charge is 2.21. The number of halogens is 2. The zero-order valence-electron chi connectivity index (χ0n) is 18.4. The Kier molecular flexibility index (Phi) is 8.50. The third-order valence-electron chi connectivity index (χ3n) is 4.72. The molecule has 3 rings (SSSR count).